The zero-order chi connectivity index (χ0) is 23.4. The Morgan fingerprint density at radius 1 is 0.909 bits per heavy atom. The molecule has 1 aromatic carbocycles. The zero-order valence-corrected chi connectivity index (χ0v) is 19.8. The van der Waals surface area contributed by atoms with Crippen LogP contribution in [0.25, 0.3) is 0 Å². The predicted molar refractivity (Wildman–Crippen MR) is 122 cm³/mol. The van der Waals surface area contributed by atoms with E-state index >= 15 is 0 Å². The molecule has 1 atom stereocenters. The Bertz CT molecular complexity index is 762. The van der Waals surface area contributed by atoms with Crippen molar-refractivity contribution in [2.75, 3.05) is 6.67 Å². The zero-order valence-electron chi connectivity index (χ0n) is 19.8. The lowest BCUT2D eigenvalue weighted by Gasteiger charge is -2.38. The van der Waals surface area contributed by atoms with E-state index in [2.05, 4.69) is 17.7 Å². The van der Waals surface area contributed by atoms with E-state index in [0.29, 0.717) is 24.0 Å². The Morgan fingerprint density at radius 2 is 1.58 bits per heavy atom. The van der Waals surface area contributed by atoms with Gasteiger partial charge in [0.1, 0.15) is 0 Å². The van der Waals surface area contributed by atoms with Gasteiger partial charge in [-0.05, 0) is 105 Å². The van der Waals surface area contributed by atoms with Crippen molar-refractivity contribution in [1.82, 2.24) is 0 Å². The van der Waals surface area contributed by atoms with Gasteiger partial charge in [0.25, 0.3) is 0 Å². The lowest BCUT2D eigenvalue weighted by Crippen LogP contribution is -2.26. The first-order chi connectivity index (χ1) is 15.9. The second-order valence-electron chi connectivity index (χ2n) is 10.5. The molecule has 2 nitrogen and oxygen atoms in total. The maximum Gasteiger partial charge on any atom is 0.573 e. The summed E-state index contributed by atoms with van der Waals surface area (Å²) in [6.45, 7) is 1.85. The lowest BCUT2D eigenvalue weighted by atomic mass is 9.68. The first-order valence-corrected chi connectivity index (χ1v) is 13.0. The van der Waals surface area contributed by atoms with Gasteiger partial charge in [-0.2, -0.15) is 0 Å². The van der Waals surface area contributed by atoms with Crippen molar-refractivity contribution in [3.63, 3.8) is 0 Å². The van der Waals surface area contributed by atoms with Crippen molar-refractivity contribution in [1.29, 1.82) is 0 Å². The van der Waals surface area contributed by atoms with Crippen molar-refractivity contribution in [3.8, 4) is 11.5 Å². The molecule has 186 valence electrons. The molecular weight excluding hydrogens is 432 g/mol. The molecule has 1 heterocycles. The van der Waals surface area contributed by atoms with Gasteiger partial charge in [-0.1, -0.05) is 32.3 Å². The van der Waals surface area contributed by atoms with Crippen LogP contribution in [0.5, 0.6) is 11.5 Å². The molecule has 0 amide bonds. The van der Waals surface area contributed by atoms with Gasteiger partial charge in [0.05, 0.1) is 12.8 Å². The van der Waals surface area contributed by atoms with Gasteiger partial charge >= 0.3 is 6.36 Å². The average molecular weight is 471 g/mol. The SMILES string of the molecule is CCCC1CCc2cc(C3CCC(C4CCC(CCF)CC4)CC3)cc(OC(F)(F)F)c2O1. The lowest BCUT2D eigenvalue weighted by molar-refractivity contribution is -0.275. The Kier molecular flexibility index (Phi) is 8.11. The van der Waals surface area contributed by atoms with Crippen molar-refractivity contribution in [2.45, 2.75) is 109 Å². The molecule has 6 heteroatoms. The van der Waals surface area contributed by atoms with Crippen LogP contribution in [0.3, 0.4) is 0 Å². The maximum absolute atomic E-state index is 13.2. The summed E-state index contributed by atoms with van der Waals surface area (Å²) >= 11 is 0. The number of hydrogen-bond acceptors (Lipinski definition) is 2. The van der Waals surface area contributed by atoms with Gasteiger partial charge in [-0.3, -0.25) is 4.39 Å². The summed E-state index contributed by atoms with van der Waals surface area (Å²) in [4.78, 5) is 0. The fourth-order valence-electron chi connectivity index (χ4n) is 6.53. The number of rotatable bonds is 7. The third kappa shape index (κ3) is 6.36. The number of halogens is 4. The highest BCUT2D eigenvalue weighted by Crippen LogP contribution is 2.47. The number of alkyl halides is 4. The molecule has 1 aromatic rings. The summed E-state index contributed by atoms with van der Waals surface area (Å²) in [5.41, 5.74) is 1.82. The molecule has 0 aromatic heterocycles. The molecular formula is C27H38F4O2. The number of ether oxygens (including phenoxy) is 2. The highest BCUT2D eigenvalue weighted by molar-refractivity contribution is 5.51. The van der Waals surface area contributed by atoms with Gasteiger partial charge in [0.15, 0.2) is 11.5 Å². The topological polar surface area (TPSA) is 18.5 Å². The van der Waals surface area contributed by atoms with Crippen LogP contribution < -0.4 is 9.47 Å². The van der Waals surface area contributed by atoms with E-state index in [9.17, 15) is 17.6 Å². The normalized spacial score (nSPS) is 30.4. The highest BCUT2D eigenvalue weighted by atomic mass is 19.4. The minimum atomic E-state index is -4.73. The van der Waals surface area contributed by atoms with Gasteiger partial charge < -0.3 is 9.47 Å². The Hall–Kier alpha value is -1.46. The van der Waals surface area contributed by atoms with Crippen LogP contribution in [0.15, 0.2) is 12.1 Å². The molecule has 0 bridgehead atoms. The molecule has 33 heavy (non-hydrogen) atoms. The van der Waals surface area contributed by atoms with E-state index in [-0.39, 0.29) is 24.4 Å². The van der Waals surface area contributed by atoms with Crippen molar-refractivity contribution in [2.24, 2.45) is 17.8 Å². The molecule has 0 spiro atoms. The van der Waals surface area contributed by atoms with Crippen LogP contribution in [-0.4, -0.2) is 19.1 Å². The highest BCUT2D eigenvalue weighted by Gasteiger charge is 2.36. The van der Waals surface area contributed by atoms with Gasteiger partial charge in [-0.25, -0.2) is 0 Å². The van der Waals surface area contributed by atoms with Crippen LogP contribution in [0.2, 0.25) is 0 Å². The molecule has 1 aliphatic heterocycles. The molecule has 0 saturated heterocycles. The fourth-order valence-corrected chi connectivity index (χ4v) is 6.53. The minimum absolute atomic E-state index is 0.0423. The average Bonchev–Trinajstić information content (AvgIpc) is 2.79. The summed E-state index contributed by atoms with van der Waals surface area (Å²) in [5, 5.41) is 0. The van der Waals surface area contributed by atoms with Gasteiger partial charge in [0, 0.05) is 0 Å². The molecule has 3 aliphatic rings. The summed E-state index contributed by atoms with van der Waals surface area (Å²) in [6.07, 6.45) is 8.29. The van der Waals surface area contributed by atoms with E-state index < -0.39 is 6.36 Å². The Balaban J connectivity index is 1.42. The van der Waals surface area contributed by atoms with Crippen LogP contribution in [0, 0.1) is 17.8 Å². The first kappa shape index (κ1) is 24.7. The first-order valence-electron chi connectivity index (χ1n) is 13.0. The third-order valence-corrected chi connectivity index (χ3v) is 8.33. The van der Waals surface area contributed by atoms with E-state index in [1.165, 1.54) is 12.8 Å². The molecule has 0 radical (unpaired) electrons. The number of hydrogen-bond donors (Lipinski definition) is 0. The van der Waals surface area contributed by atoms with Crippen LogP contribution in [0.1, 0.15) is 101 Å². The maximum atomic E-state index is 13.2. The van der Waals surface area contributed by atoms with Crippen molar-refractivity contribution >= 4 is 0 Å². The van der Waals surface area contributed by atoms with Crippen molar-refractivity contribution in [3.05, 3.63) is 23.3 Å². The number of benzene rings is 1. The summed E-state index contributed by atoms with van der Waals surface area (Å²) < 4.78 is 62.5. The van der Waals surface area contributed by atoms with E-state index in [0.717, 1.165) is 81.3 Å². The molecule has 2 aliphatic carbocycles. The summed E-state index contributed by atoms with van der Waals surface area (Å²) in [7, 11) is 0. The fraction of sp³-hybridized carbons (Fsp3) is 0.778. The minimum Gasteiger partial charge on any atom is -0.486 e. The molecule has 4 rings (SSSR count). The summed E-state index contributed by atoms with van der Waals surface area (Å²) in [6, 6.07) is 3.67. The molecule has 1 unspecified atom stereocenters. The van der Waals surface area contributed by atoms with Crippen molar-refractivity contribution < 1.29 is 27.0 Å². The largest absolute Gasteiger partial charge is 0.573 e. The standard InChI is InChI=1S/C27H38F4O2/c1-2-3-24-13-12-22-16-23(17-25(26(22)32-24)33-27(29,30)31)21-10-8-20(9-11-21)19-6-4-18(5-7-19)14-15-28/h16-21,24H,2-15H2,1H3. The second kappa shape index (κ2) is 10.9. The van der Waals surface area contributed by atoms with Crippen LogP contribution in [-0.2, 0) is 6.42 Å². The molecule has 2 saturated carbocycles. The Morgan fingerprint density at radius 3 is 2.18 bits per heavy atom. The van der Waals surface area contributed by atoms with Gasteiger partial charge in [0.2, 0.25) is 0 Å². The van der Waals surface area contributed by atoms with E-state index in [1.807, 2.05) is 0 Å². The third-order valence-electron chi connectivity index (χ3n) is 8.33. The smallest absolute Gasteiger partial charge is 0.486 e. The Labute approximate surface area is 195 Å². The number of fused-ring (bicyclic) bond motifs is 1. The monoisotopic (exact) mass is 470 g/mol. The molecule has 0 N–H and O–H groups in total. The quantitative estimate of drug-likeness (QED) is 0.372. The second-order valence-corrected chi connectivity index (χ2v) is 10.5. The predicted octanol–water partition coefficient (Wildman–Crippen LogP) is 8.52. The van der Waals surface area contributed by atoms with Crippen LogP contribution in [0.4, 0.5) is 17.6 Å². The van der Waals surface area contributed by atoms with E-state index in [4.69, 9.17) is 4.74 Å². The van der Waals surface area contributed by atoms with E-state index in [1.54, 1.807) is 6.07 Å². The van der Waals surface area contributed by atoms with Crippen LogP contribution >= 0.6 is 0 Å². The molecule has 2 fully saturated rings. The van der Waals surface area contributed by atoms with Gasteiger partial charge in [-0.15, -0.1) is 13.2 Å². The summed E-state index contributed by atoms with van der Waals surface area (Å²) in [5.74, 6) is 2.40. The number of aryl methyl sites for hydroxylation is 1.